The Morgan fingerprint density at radius 2 is 1.90 bits per heavy atom. The molecule has 0 aromatic heterocycles. The number of carbonyl (C=O) groups excluding carboxylic acids is 2. The molecule has 3 heteroatoms. The molecule has 0 N–H and O–H groups in total. The van der Waals surface area contributed by atoms with E-state index in [2.05, 4.69) is 0 Å². The third-order valence-corrected chi connectivity index (χ3v) is 3.68. The van der Waals surface area contributed by atoms with Gasteiger partial charge in [-0.15, -0.1) is 0 Å². The Morgan fingerprint density at radius 3 is 2.40 bits per heavy atom. The van der Waals surface area contributed by atoms with Gasteiger partial charge in [-0.2, -0.15) is 0 Å². The highest BCUT2D eigenvalue weighted by atomic mass is 16.6. The lowest BCUT2D eigenvalue weighted by atomic mass is 9.79. The number of benzene rings is 1. The largest absolute Gasteiger partial charge is 0.459 e. The lowest BCUT2D eigenvalue weighted by Crippen LogP contribution is -2.42. The van der Waals surface area contributed by atoms with Crippen LogP contribution in [-0.4, -0.2) is 17.4 Å². The third kappa shape index (κ3) is 3.09. The van der Waals surface area contributed by atoms with Gasteiger partial charge in [0.2, 0.25) is 0 Å². The van der Waals surface area contributed by atoms with Crippen molar-refractivity contribution in [3.05, 3.63) is 35.9 Å². The molecule has 1 fully saturated rings. The molecule has 1 aromatic carbocycles. The Morgan fingerprint density at radius 1 is 1.25 bits per heavy atom. The average molecular weight is 274 g/mol. The summed E-state index contributed by atoms with van der Waals surface area (Å²) in [7, 11) is 0. The smallest absolute Gasteiger partial charge is 0.320 e. The van der Waals surface area contributed by atoms with Crippen molar-refractivity contribution < 1.29 is 14.3 Å². The number of esters is 1. The summed E-state index contributed by atoms with van der Waals surface area (Å²) in [5, 5.41) is 0. The molecular weight excluding hydrogens is 252 g/mol. The maximum Gasteiger partial charge on any atom is 0.320 e. The molecule has 108 valence electrons. The van der Waals surface area contributed by atoms with E-state index in [0.29, 0.717) is 19.3 Å². The van der Waals surface area contributed by atoms with E-state index in [1.54, 1.807) is 0 Å². The van der Waals surface area contributed by atoms with Crippen LogP contribution in [0.25, 0.3) is 0 Å². The number of rotatable bonds is 3. The zero-order valence-electron chi connectivity index (χ0n) is 12.4. The average Bonchev–Trinajstić information content (AvgIpc) is 2.71. The van der Waals surface area contributed by atoms with Crippen LogP contribution in [0.4, 0.5) is 0 Å². The lowest BCUT2D eigenvalue weighted by Gasteiger charge is -2.30. The van der Waals surface area contributed by atoms with Crippen LogP contribution < -0.4 is 0 Å². The summed E-state index contributed by atoms with van der Waals surface area (Å²) < 4.78 is 5.51. The van der Waals surface area contributed by atoms with E-state index in [4.69, 9.17) is 4.74 Å². The lowest BCUT2D eigenvalue weighted by molar-refractivity contribution is -0.169. The predicted octanol–water partition coefficient (Wildman–Crippen LogP) is 3.31. The number of hydrogen-bond donors (Lipinski definition) is 0. The molecule has 1 atom stereocenters. The van der Waals surface area contributed by atoms with E-state index in [1.165, 1.54) is 0 Å². The zero-order chi connectivity index (χ0) is 14.8. The molecule has 3 nitrogen and oxygen atoms in total. The molecule has 1 aliphatic rings. The molecule has 0 spiro atoms. The fourth-order valence-corrected chi connectivity index (χ4v) is 2.72. The second kappa shape index (κ2) is 5.39. The first-order valence-electron chi connectivity index (χ1n) is 7.14. The van der Waals surface area contributed by atoms with Crippen molar-refractivity contribution in [1.29, 1.82) is 0 Å². The highest BCUT2D eigenvalue weighted by molar-refractivity contribution is 6.05. The molecule has 0 unspecified atom stereocenters. The Balaban J connectivity index is 2.27. The molecule has 0 aliphatic heterocycles. The molecule has 0 amide bonds. The maximum absolute atomic E-state index is 12.6. The minimum Gasteiger partial charge on any atom is -0.459 e. The van der Waals surface area contributed by atoms with E-state index in [9.17, 15) is 9.59 Å². The summed E-state index contributed by atoms with van der Waals surface area (Å²) in [5.41, 5.74) is -0.535. The van der Waals surface area contributed by atoms with Gasteiger partial charge < -0.3 is 4.74 Å². The van der Waals surface area contributed by atoms with Gasteiger partial charge in [0.15, 0.2) is 5.78 Å². The van der Waals surface area contributed by atoms with Crippen molar-refractivity contribution in [2.24, 2.45) is 5.41 Å². The first-order valence-corrected chi connectivity index (χ1v) is 7.14. The zero-order valence-corrected chi connectivity index (χ0v) is 12.4. The van der Waals surface area contributed by atoms with Crippen LogP contribution >= 0.6 is 0 Å². The first-order chi connectivity index (χ1) is 9.33. The van der Waals surface area contributed by atoms with Crippen LogP contribution in [0.1, 0.15) is 45.6 Å². The first kappa shape index (κ1) is 14.8. The molecule has 2 rings (SSSR count). The van der Waals surface area contributed by atoms with Crippen LogP contribution in [0.5, 0.6) is 0 Å². The Hall–Kier alpha value is -1.64. The number of carbonyl (C=O) groups is 2. The Kier molecular flexibility index (Phi) is 3.98. The van der Waals surface area contributed by atoms with Crippen molar-refractivity contribution in [3.63, 3.8) is 0 Å². The predicted molar refractivity (Wildman–Crippen MR) is 77.3 cm³/mol. The Labute approximate surface area is 120 Å². The van der Waals surface area contributed by atoms with Crippen LogP contribution in [0.3, 0.4) is 0 Å². The van der Waals surface area contributed by atoms with Crippen LogP contribution in [0.15, 0.2) is 30.3 Å². The maximum atomic E-state index is 12.6. The number of ketones is 1. The molecular formula is C17H22O3. The fourth-order valence-electron chi connectivity index (χ4n) is 2.72. The molecule has 1 saturated carbocycles. The highest BCUT2D eigenvalue weighted by Gasteiger charge is 2.50. The second-order valence-corrected chi connectivity index (χ2v) is 6.52. The molecule has 0 bridgehead atoms. The van der Waals surface area contributed by atoms with Crippen molar-refractivity contribution in [2.75, 3.05) is 0 Å². The van der Waals surface area contributed by atoms with E-state index in [-0.39, 0.29) is 11.8 Å². The van der Waals surface area contributed by atoms with Crippen LogP contribution in [0, 0.1) is 5.41 Å². The van der Waals surface area contributed by atoms with E-state index >= 15 is 0 Å². The quantitative estimate of drug-likeness (QED) is 0.627. The minimum absolute atomic E-state index is 0.0237. The van der Waals surface area contributed by atoms with Crippen LogP contribution in [-0.2, 0) is 20.7 Å². The van der Waals surface area contributed by atoms with Gasteiger partial charge in [0.25, 0.3) is 0 Å². The van der Waals surface area contributed by atoms with Gasteiger partial charge >= 0.3 is 5.97 Å². The van der Waals surface area contributed by atoms with Gasteiger partial charge in [-0.25, -0.2) is 0 Å². The molecule has 0 heterocycles. The number of hydrogen-bond acceptors (Lipinski definition) is 3. The van der Waals surface area contributed by atoms with Crippen LogP contribution in [0.2, 0.25) is 0 Å². The third-order valence-electron chi connectivity index (χ3n) is 3.68. The van der Waals surface area contributed by atoms with Gasteiger partial charge in [0, 0.05) is 6.42 Å². The molecule has 1 aliphatic carbocycles. The van der Waals surface area contributed by atoms with Gasteiger partial charge in [-0.1, -0.05) is 30.3 Å². The standard InChI is InChI=1S/C17H22O3/c1-16(2,3)20-15(19)17(11-7-10-14(17)18)12-13-8-5-4-6-9-13/h4-6,8-9H,7,10-12H2,1-3H3/t17-/m1/s1. The topological polar surface area (TPSA) is 43.4 Å². The second-order valence-electron chi connectivity index (χ2n) is 6.52. The van der Waals surface area contributed by atoms with Gasteiger partial charge in [-0.3, -0.25) is 9.59 Å². The Bertz CT molecular complexity index is 499. The van der Waals surface area contributed by atoms with Gasteiger partial charge in [0.1, 0.15) is 11.0 Å². The van der Waals surface area contributed by atoms with Crippen molar-refractivity contribution in [3.8, 4) is 0 Å². The van der Waals surface area contributed by atoms with E-state index in [0.717, 1.165) is 12.0 Å². The normalized spacial score (nSPS) is 22.9. The van der Waals surface area contributed by atoms with E-state index < -0.39 is 11.0 Å². The summed E-state index contributed by atoms with van der Waals surface area (Å²) in [5.74, 6) is -0.341. The van der Waals surface area contributed by atoms with Crippen molar-refractivity contribution >= 4 is 11.8 Å². The minimum atomic E-state index is -0.978. The summed E-state index contributed by atoms with van der Waals surface area (Å²) in [6.07, 6.45) is 2.29. The number of ether oxygens (including phenoxy) is 1. The highest BCUT2D eigenvalue weighted by Crippen LogP contribution is 2.40. The molecule has 1 aromatic rings. The molecule has 0 saturated heterocycles. The van der Waals surface area contributed by atoms with Crippen molar-refractivity contribution in [2.45, 2.75) is 52.1 Å². The molecule has 0 radical (unpaired) electrons. The SMILES string of the molecule is CC(C)(C)OC(=O)[C@@]1(Cc2ccccc2)CCCC1=O. The van der Waals surface area contributed by atoms with Gasteiger partial charge in [-0.05, 0) is 45.6 Å². The molecule has 20 heavy (non-hydrogen) atoms. The van der Waals surface area contributed by atoms with E-state index in [1.807, 2.05) is 51.1 Å². The van der Waals surface area contributed by atoms with Crippen molar-refractivity contribution in [1.82, 2.24) is 0 Å². The number of Topliss-reactive ketones (excluding diaryl/α,β-unsaturated/α-hetero) is 1. The summed E-state index contributed by atoms with van der Waals surface area (Å²) in [4.78, 5) is 24.9. The van der Waals surface area contributed by atoms with Gasteiger partial charge in [0.05, 0.1) is 0 Å². The monoisotopic (exact) mass is 274 g/mol. The summed E-state index contributed by atoms with van der Waals surface area (Å²) in [6.45, 7) is 5.50. The summed E-state index contributed by atoms with van der Waals surface area (Å²) in [6, 6.07) is 9.70. The summed E-state index contributed by atoms with van der Waals surface area (Å²) >= 11 is 0. The fraction of sp³-hybridized carbons (Fsp3) is 0.529.